The van der Waals surface area contributed by atoms with E-state index in [2.05, 4.69) is 36.3 Å². The van der Waals surface area contributed by atoms with Gasteiger partial charge < -0.3 is 15.5 Å². The molecule has 0 aromatic heterocycles. The van der Waals surface area contributed by atoms with E-state index in [1.807, 2.05) is 18.2 Å². The van der Waals surface area contributed by atoms with Crippen molar-refractivity contribution in [2.45, 2.75) is 39.3 Å². The Balaban J connectivity index is 2.09. The van der Waals surface area contributed by atoms with Gasteiger partial charge in [0.05, 0.1) is 6.54 Å². The molecule has 0 saturated carbocycles. The smallest absolute Gasteiger partial charge is 0.239 e. The fraction of sp³-hybridized carbons (Fsp3) is 0.562. The number of anilines is 1. The highest BCUT2D eigenvalue weighted by atomic mass is 35.5. The van der Waals surface area contributed by atoms with Crippen molar-refractivity contribution in [3.63, 3.8) is 0 Å². The first-order chi connectivity index (χ1) is 9.85. The predicted octanol–water partition coefficient (Wildman–Crippen LogP) is 2.55. The van der Waals surface area contributed by atoms with Gasteiger partial charge in [0, 0.05) is 35.9 Å². The summed E-state index contributed by atoms with van der Waals surface area (Å²) < 4.78 is 0. The quantitative estimate of drug-likeness (QED) is 0.902. The Bertz CT molecular complexity index is 511. The van der Waals surface area contributed by atoms with Crippen LogP contribution in [-0.4, -0.2) is 31.1 Å². The van der Waals surface area contributed by atoms with Gasteiger partial charge in [0.2, 0.25) is 5.91 Å². The number of amides is 1. The molecule has 1 aromatic rings. The highest BCUT2D eigenvalue weighted by Crippen LogP contribution is 2.24. The lowest BCUT2D eigenvalue weighted by Gasteiger charge is -2.23. The fourth-order valence-corrected chi connectivity index (χ4v) is 2.50. The molecule has 5 heteroatoms. The van der Waals surface area contributed by atoms with Gasteiger partial charge >= 0.3 is 0 Å². The molecule has 0 atom stereocenters. The van der Waals surface area contributed by atoms with Gasteiger partial charge in [-0.2, -0.15) is 0 Å². The van der Waals surface area contributed by atoms with Crippen LogP contribution in [0.1, 0.15) is 32.8 Å². The number of halogens is 1. The zero-order valence-electron chi connectivity index (χ0n) is 13.0. The van der Waals surface area contributed by atoms with E-state index in [9.17, 15) is 4.79 Å². The molecule has 0 spiro atoms. The van der Waals surface area contributed by atoms with Crippen LogP contribution >= 0.6 is 11.6 Å². The summed E-state index contributed by atoms with van der Waals surface area (Å²) in [4.78, 5) is 13.7. The number of nitrogens with zero attached hydrogens (tertiary/aromatic N) is 1. The number of nitrogens with one attached hydrogen (secondary N) is 2. The van der Waals surface area contributed by atoms with Crippen molar-refractivity contribution in [2.24, 2.45) is 0 Å². The molecule has 116 valence electrons. The average molecular weight is 310 g/mol. The van der Waals surface area contributed by atoms with Gasteiger partial charge in [-0.05, 0) is 44.9 Å². The van der Waals surface area contributed by atoms with Crippen LogP contribution in [0, 0.1) is 0 Å². The number of hydrogen-bond donors (Lipinski definition) is 2. The second kappa shape index (κ2) is 6.67. The summed E-state index contributed by atoms with van der Waals surface area (Å²) in [5.74, 6) is 0.0714. The summed E-state index contributed by atoms with van der Waals surface area (Å²) >= 11 is 6.39. The third-order valence-corrected chi connectivity index (χ3v) is 3.82. The molecule has 0 bridgehead atoms. The lowest BCUT2D eigenvalue weighted by atomic mass is 10.1. The molecule has 21 heavy (non-hydrogen) atoms. The first-order valence-corrected chi connectivity index (χ1v) is 7.78. The van der Waals surface area contributed by atoms with E-state index in [0.29, 0.717) is 6.54 Å². The average Bonchev–Trinajstić information content (AvgIpc) is 2.61. The van der Waals surface area contributed by atoms with Gasteiger partial charge in [0.25, 0.3) is 0 Å². The Morgan fingerprint density at radius 1 is 1.38 bits per heavy atom. The minimum absolute atomic E-state index is 0.0604. The molecule has 4 nitrogen and oxygen atoms in total. The van der Waals surface area contributed by atoms with E-state index in [1.165, 1.54) is 0 Å². The van der Waals surface area contributed by atoms with E-state index in [4.69, 9.17) is 11.6 Å². The second-order valence-electron chi connectivity index (χ2n) is 6.50. The van der Waals surface area contributed by atoms with Gasteiger partial charge in [0.15, 0.2) is 0 Å². The highest BCUT2D eigenvalue weighted by molar-refractivity contribution is 6.31. The zero-order chi connectivity index (χ0) is 15.5. The molecule has 2 rings (SSSR count). The van der Waals surface area contributed by atoms with Crippen LogP contribution in [0.3, 0.4) is 0 Å². The van der Waals surface area contributed by atoms with Crippen LogP contribution < -0.4 is 15.5 Å². The molecule has 1 amide bonds. The number of carbonyl (C=O) groups is 1. The van der Waals surface area contributed by atoms with Gasteiger partial charge in [-0.1, -0.05) is 17.7 Å². The SMILES string of the molecule is CC(C)(C)NCc1ccc(N2CCCNC(=O)C2)cc1Cl. The standard InChI is InChI=1S/C16H24ClN3O/c1-16(2,3)19-10-12-5-6-13(9-14(12)17)20-8-4-7-18-15(21)11-20/h5-6,9,19H,4,7-8,10-11H2,1-3H3,(H,18,21). The molecular formula is C16H24ClN3O. The largest absolute Gasteiger partial charge is 0.362 e. The molecule has 1 aliphatic rings. The Hall–Kier alpha value is -1.26. The Morgan fingerprint density at radius 2 is 2.14 bits per heavy atom. The van der Waals surface area contributed by atoms with Crippen LogP contribution in [-0.2, 0) is 11.3 Å². The predicted molar refractivity (Wildman–Crippen MR) is 87.9 cm³/mol. The van der Waals surface area contributed by atoms with Crippen molar-refractivity contribution in [3.8, 4) is 0 Å². The van der Waals surface area contributed by atoms with Gasteiger partial charge in [-0.15, -0.1) is 0 Å². The van der Waals surface area contributed by atoms with Crippen LogP contribution in [0.15, 0.2) is 18.2 Å². The lowest BCUT2D eigenvalue weighted by molar-refractivity contribution is -0.119. The molecule has 1 aliphatic heterocycles. The zero-order valence-corrected chi connectivity index (χ0v) is 13.8. The van der Waals surface area contributed by atoms with Crippen molar-refractivity contribution in [1.82, 2.24) is 10.6 Å². The van der Waals surface area contributed by atoms with Crippen molar-refractivity contribution in [1.29, 1.82) is 0 Å². The number of rotatable bonds is 3. The summed E-state index contributed by atoms with van der Waals surface area (Å²) in [5, 5.41) is 7.06. The van der Waals surface area contributed by atoms with Crippen LogP contribution in [0.5, 0.6) is 0 Å². The van der Waals surface area contributed by atoms with Crippen LogP contribution in [0.25, 0.3) is 0 Å². The van der Waals surface area contributed by atoms with E-state index in [1.54, 1.807) is 0 Å². The van der Waals surface area contributed by atoms with Gasteiger partial charge in [-0.25, -0.2) is 0 Å². The molecule has 0 radical (unpaired) electrons. The fourth-order valence-electron chi connectivity index (χ4n) is 2.26. The number of hydrogen-bond acceptors (Lipinski definition) is 3. The Kier molecular flexibility index (Phi) is 5.12. The number of benzene rings is 1. The highest BCUT2D eigenvalue weighted by Gasteiger charge is 2.16. The third-order valence-electron chi connectivity index (χ3n) is 3.47. The maximum Gasteiger partial charge on any atom is 0.239 e. The van der Waals surface area contributed by atoms with Crippen molar-refractivity contribution < 1.29 is 4.79 Å². The van der Waals surface area contributed by atoms with Crippen LogP contribution in [0.2, 0.25) is 5.02 Å². The maximum atomic E-state index is 11.6. The molecule has 2 N–H and O–H groups in total. The Morgan fingerprint density at radius 3 is 2.81 bits per heavy atom. The van der Waals surface area contributed by atoms with E-state index >= 15 is 0 Å². The van der Waals surface area contributed by atoms with Crippen molar-refractivity contribution >= 4 is 23.2 Å². The summed E-state index contributed by atoms with van der Waals surface area (Å²) in [5.41, 5.74) is 2.15. The van der Waals surface area contributed by atoms with Crippen molar-refractivity contribution in [2.75, 3.05) is 24.5 Å². The molecular weight excluding hydrogens is 286 g/mol. The Labute approximate surface area is 131 Å². The number of carbonyl (C=O) groups excluding carboxylic acids is 1. The van der Waals surface area contributed by atoms with Gasteiger partial charge in [0.1, 0.15) is 0 Å². The summed E-state index contributed by atoms with van der Waals surface area (Å²) in [6.45, 7) is 9.14. The molecule has 1 aromatic carbocycles. The topological polar surface area (TPSA) is 44.4 Å². The van der Waals surface area contributed by atoms with Gasteiger partial charge in [-0.3, -0.25) is 4.79 Å². The minimum atomic E-state index is 0.0604. The summed E-state index contributed by atoms with van der Waals surface area (Å²) in [6, 6.07) is 6.04. The first-order valence-electron chi connectivity index (χ1n) is 7.40. The van der Waals surface area contributed by atoms with E-state index < -0.39 is 0 Å². The van der Waals surface area contributed by atoms with E-state index in [0.717, 1.165) is 42.3 Å². The first kappa shape index (κ1) is 16.1. The maximum absolute atomic E-state index is 11.6. The molecule has 1 saturated heterocycles. The van der Waals surface area contributed by atoms with Crippen LogP contribution in [0.4, 0.5) is 5.69 Å². The van der Waals surface area contributed by atoms with Crippen molar-refractivity contribution in [3.05, 3.63) is 28.8 Å². The molecule has 0 aliphatic carbocycles. The van der Waals surface area contributed by atoms with E-state index in [-0.39, 0.29) is 11.4 Å². The monoisotopic (exact) mass is 309 g/mol. The minimum Gasteiger partial charge on any atom is -0.362 e. The summed E-state index contributed by atoms with van der Waals surface area (Å²) in [7, 11) is 0. The third kappa shape index (κ3) is 4.90. The molecule has 1 fully saturated rings. The molecule has 0 unspecified atom stereocenters. The second-order valence-corrected chi connectivity index (χ2v) is 6.91. The normalized spacial score (nSPS) is 16.6. The summed E-state index contributed by atoms with van der Waals surface area (Å²) in [6.07, 6.45) is 0.955. The lowest BCUT2D eigenvalue weighted by Crippen LogP contribution is -2.35. The molecule has 1 heterocycles.